The highest BCUT2D eigenvalue weighted by Gasteiger charge is 2.27. The zero-order chi connectivity index (χ0) is 13.1. The molecule has 0 amide bonds. The third-order valence-electron chi connectivity index (χ3n) is 2.17. The van der Waals surface area contributed by atoms with E-state index in [4.69, 9.17) is 0 Å². The summed E-state index contributed by atoms with van der Waals surface area (Å²) in [4.78, 5) is 11.6. The molecule has 0 N–H and O–H groups in total. The van der Waals surface area contributed by atoms with E-state index in [0.29, 0.717) is 5.56 Å². The van der Waals surface area contributed by atoms with Gasteiger partial charge in [0.15, 0.2) is 5.78 Å². The summed E-state index contributed by atoms with van der Waals surface area (Å²) in [6.45, 7) is 3.83. The number of carbonyl (C=O) groups excluding carboxylic acids is 1. The van der Waals surface area contributed by atoms with Crippen LogP contribution in [0.25, 0.3) is 0 Å². The molecule has 0 bridgehead atoms. The second-order valence-corrected chi connectivity index (χ2v) is 5.11. The molecule has 0 saturated heterocycles. The van der Waals surface area contributed by atoms with Gasteiger partial charge in [-0.05, 0) is 17.8 Å². The van der Waals surface area contributed by atoms with Crippen LogP contribution in [0.5, 0.6) is 0 Å². The molecular weight excluding hydrogens is 251 g/mol. The maximum atomic E-state index is 11.9. The van der Waals surface area contributed by atoms with Crippen molar-refractivity contribution in [2.24, 2.45) is 5.92 Å². The molecule has 0 atom stereocenters. The molecule has 6 heteroatoms. The van der Waals surface area contributed by atoms with Gasteiger partial charge in [-0.3, -0.25) is 4.79 Å². The second-order valence-electron chi connectivity index (χ2n) is 3.95. The van der Waals surface area contributed by atoms with Crippen molar-refractivity contribution >= 4 is 17.5 Å². The number of alkyl halides is 3. The Labute approximate surface area is 102 Å². The number of Topliss-reactive ketones (excluding diaryl/α,β-unsaturated/α-hetero) is 1. The maximum Gasteiger partial charge on any atom is 0.441 e. The minimum absolute atomic E-state index is 0.00669. The molecule has 0 aliphatic rings. The third kappa shape index (κ3) is 4.85. The van der Waals surface area contributed by atoms with E-state index in [1.807, 2.05) is 0 Å². The summed E-state index contributed by atoms with van der Waals surface area (Å²) >= 11 is -0.0534. The van der Waals surface area contributed by atoms with Gasteiger partial charge in [-0.15, -0.1) is 0 Å². The molecule has 2 nitrogen and oxygen atoms in total. The van der Waals surface area contributed by atoms with Crippen molar-refractivity contribution < 1.29 is 18.0 Å². The SMILES string of the molecule is CC(C)C(=O)c1ccn(CCSC(F)(F)F)c1. The maximum absolute atomic E-state index is 11.9. The molecule has 0 aliphatic carbocycles. The number of carbonyl (C=O) groups is 1. The number of hydrogen-bond donors (Lipinski definition) is 0. The lowest BCUT2D eigenvalue weighted by molar-refractivity contribution is -0.0328. The highest BCUT2D eigenvalue weighted by Crippen LogP contribution is 2.30. The average Bonchev–Trinajstić information content (AvgIpc) is 2.63. The largest absolute Gasteiger partial charge is 0.441 e. The van der Waals surface area contributed by atoms with Crippen molar-refractivity contribution in [2.45, 2.75) is 25.9 Å². The molecule has 1 aromatic heterocycles. The lowest BCUT2D eigenvalue weighted by Crippen LogP contribution is -2.07. The molecule has 1 heterocycles. The van der Waals surface area contributed by atoms with Crippen LogP contribution in [-0.2, 0) is 6.54 Å². The monoisotopic (exact) mass is 265 g/mol. The van der Waals surface area contributed by atoms with Crippen LogP contribution in [-0.4, -0.2) is 21.6 Å². The summed E-state index contributed by atoms with van der Waals surface area (Å²) < 4.78 is 37.3. The van der Waals surface area contributed by atoms with Crippen LogP contribution in [0, 0.1) is 5.92 Å². The number of hydrogen-bond acceptors (Lipinski definition) is 2. The Bertz CT molecular complexity index is 384. The first-order chi connectivity index (χ1) is 7.79. The Morgan fingerprint density at radius 2 is 2.12 bits per heavy atom. The highest BCUT2D eigenvalue weighted by molar-refractivity contribution is 8.00. The smallest absolute Gasteiger partial charge is 0.353 e. The number of ketones is 1. The van der Waals surface area contributed by atoms with Gasteiger partial charge in [0, 0.05) is 36.2 Å². The molecule has 1 rings (SSSR count). The molecule has 0 radical (unpaired) electrons. The first-order valence-electron chi connectivity index (χ1n) is 5.20. The summed E-state index contributed by atoms with van der Waals surface area (Å²) in [7, 11) is 0. The Morgan fingerprint density at radius 1 is 1.47 bits per heavy atom. The van der Waals surface area contributed by atoms with Crippen LogP contribution >= 0.6 is 11.8 Å². The predicted octanol–water partition coefficient (Wildman–Crippen LogP) is 3.58. The predicted molar refractivity (Wildman–Crippen MR) is 62.1 cm³/mol. The standard InChI is InChI=1S/C11H14F3NOS/c1-8(2)10(16)9-3-4-15(7-9)5-6-17-11(12,13)14/h3-4,7-8H,5-6H2,1-2H3. The summed E-state index contributed by atoms with van der Waals surface area (Å²) in [5, 5.41) is 0. The van der Waals surface area contributed by atoms with Gasteiger partial charge in [0.05, 0.1) is 0 Å². The molecule has 17 heavy (non-hydrogen) atoms. The van der Waals surface area contributed by atoms with Crippen molar-refractivity contribution in [3.05, 3.63) is 24.0 Å². The minimum atomic E-state index is -4.19. The number of nitrogens with zero attached hydrogens (tertiary/aromatic N) is 1. The fourth-order valence-corrected chi connectivity index (χ4v) is 1.86. The summed E-state index contributed by atoms with van der Waals surface area (Å²) in [6.07, 6.45) is 3.23. The van der Waals surface area contributed by atoms with E-state index in [9.17, 15) is 18.0 Å². The molecule has 0 aromatic carbocycles. The fraction of sp³-hybridized carbons (Fsp3) is 0.545. The van der Waals surface area contributed by atoms with E-state index in [0.717, 1.165) is 0 Å². The van der Waals surface area contributed by atoms with Crippen LogP contribution in [0.3, 0.4) is 0 Å². The molecule has 0 unspecified atom stereocenters. The van der Waals surface area contributed by atoms with Crippen LogP contribution in [0.2, 0.25) is 0 Å². The van der Waals surface area contributed by atoms with Gasteiger partial charge in [-0.25, -0.2) is 0 Å². The topological polar surface area (TPSA) is 22.0 Å². The molecule has 0 saturated carbocycles. The first-order valence-corrected chi connectivity index (χ1v) is 6.19. The lowest BCUT2D eigenvalue weighted by atomic mass is 10.0. The van der Waals surface area contributed by atoms with Gasteiger partial charge in [-0.2, -0.15) is 13.2 Å². The van der Waals surface area contributed by atoms with E-state index in [2.05, 4.69) is 0 Å². The van der Waals surface area contributed by atoms with E-state index < -0.39 is 5.51 Å². The van der Waals surface area contributed by atoms with Crippen LogP contribution < -0.4 is 0 Å². The van der Waals surface area contributed by atoms with Gasteiger partial charge in [0.2, 0.25) is 0 Å². The van der Waals surface area contributed by atoms with Crippen molar-refractivity contribution in [1.29, 1.82) is 0 Å². The number of rotatable bonds is 5. The Kier molecular flexibility index (Phi) is 4.68. The van der Waals surface area contributed by atoms with Gasteiger partial charge in [-0.1, -0.05) is 13.8 Å². The summed E-state index contributed by atoms with van der Waals surface area (Å²) in [5.41, 5.74) is -3.64. The summed E-state index contributed by atoms with van der Waals surface area (Å²) in [6, 6.07) is 1.64. The number of aryl methyl sites for hydroxylation is 1. The quantitative estimate of drug-likeness (QED) is 0.759. The van der Waals surface area contributed by atoms with Crippen molar-refractivity contribution in [3.8, 4) is 0 Å². The highest BCUT2D eigenvalue weighted by atomic mass is 32.2. The Hall–Kier alpha value is -0.910. The minimum Gasteiger partial charge on any atom is -0.353 e. The lowest BCUT2D eigenvalue weighted by Gasteiger charge is -2.06. The van der Waals surface area contributed by atoms with Gasteiger partial charge >= 0.3 is 5.51 Å². The molecular formula is C11H14F3NOS. The zero-order valence-electron chi connectivity index (χ0n) is 9.62. The molecule has 1 aromatic rings. The normalized spacial score (nSPS) is 12.1. The number of thioether (sulfide) groups is 1. The Morgan fingerprint density at radius 3 is 2.65 bits per heavy atom. The molecule has 96 valence electrons. The van der Waals surface area contributed by atoms with E-state index >= 15 is 0 Å². The van der Waals surface area contributed by atoms with E-state index in [1.54, 1.807) is 36.9 Å². The summed E-state index contributed by atoms with van der Waals surface area (Å²) in [5.74, 6) is -0.143. The molecule has 0 spiro atoms. The second kappa shape index (κ2) is 5.62. The van der Waals surface area contributed by atoms with Crippen molar-refractivity contribution in [2.75, 3.05) is 5.75 Å². The number of aromatic nitrogens is 1. The molecule has 0 aliphatic heterocycles. The van der Waals surface area contributed by atoms with Gasteiger partial charge in [0.25, 0.3) is 0 Å². The Balaban J connectivity index is 2.49. The third-order valence-corrected chi connectivity index (χ3v) is 2.89. The fourth-order valence-electron chi connectivity index (χ4n) is 1.33. The van der Waals surface area contributed by atoms with Crippen molar-refractivity contribution in [1.82, 2.24) is 4.57 Å². The first kappa shape index (κ1) is 14.2. The van der Waals surface area contributed by atoms with E-state index in [1.165, 1.54) is 0 Å². The van der Waals surface area contributed by atoms with Gasteiger partial charge < -0.3 is 4.57 Å². The van der Waals surface area contributed by atoms with Crippen LogP contribution in [0.4, 0.5) is 13.2 Å². The average molecular weight is 265 g/mol. The van der Waals surface area contributed by atoms with Crippen LogP contribution in [0.1, 0.15) is 24.2 Å². The van der Waals surface area contributed by atoms with Crippen LogP contribution in [0.15, 0.2) is 18.5 Å². The zero-order valence-corrected chi connectivity index (χ0v) is 10.4. The molecule has 0 fully saturated rings. The number of halogens is 3. The van der Waals surface area contributed by atoms with Crippen molar-refractivity contribution in [3.63, 3.8) is 0 Å². The van der Waals surface area contributed by atoms with E-state index in [-0.39, 0.29) is 35.8 Å². The van der Waals surface area contributed by atoms with Gasteiger partial charge in [0.1, 0.15) is 0 Å².